The van der Waals surface area contributed by atoms with Gasteiger partial charge in [0.15, 0.2) is 0 Å². The number of ether oxygens (including phenoxy) is 2. The molecule has 3 rings (SSSR count). The summed E-state index contributed by atoms with van der Waals surface area (Å²) < 4.78 is 10.9. The van der Waals surface area contributed by atoms with Crippen molar-refractivity contribution in [3.05, 3.63) is 47.6 Å². The highest BCUT2D eigenvalue weighted by molar-refractivity contribution is 6.30. The number of hydrogen-bond donors (Lipinski definition) is 1. The second kappa shape index (κ2) is 7.44. The minimum Gasteiger partial charge on any atom is -0.439 e. The second-order valence-corrected chi connectivity index (χ2v) is 5.86. The molecule has 5 nitrogen and oxygen atoms in total. The summed E-state index contributed by atoms with van der Waals surface area (Å²) in [5.74, 6) is 1.44. The minimum atomic E-state index is 0.00790. The molecule has 2 aromatic rings. The highest BCUT2D eigenvalue weighted by Gasteiger charge is 2.19. The molecule has 1 saturated heterocycles. The van der Waals surface area contributed by atoms with Crippen LogP contribution in [-0.2, 0) is 9.53 Å². The summed E-state index contributed by atoms with van der Waals surface area (Å²) in [5.41, 5.74) is 0.741. The van der Waals surface area contributed by atoms with Crippen molar-refractivity contribution in [2.24, 2.45) is 5.92 Å². The number of halogens is 1. The van der Waals surface area contributed by atoms with Crippen LogP contribution in [0.25, 0.3) is 0 Å². The van der Waals surface area contributed by atoms with E-state index in [9.17, 15) is 4.79 Å². The maximum Gasteiger partial charge on any atom is 0.224 e. The van der Waals surface area contributed by atoms with E-state index >= 15 is 0 Å². The Balaban J connectivity index is 1.54. The van der Waals surface area contributed by atoms with Crippen molar-refractivity contribution in [1.29, 1.82) is 0 Å². The van der Waals surface area contributed by atoms with Gasteiger partial charge < -0.3 is 14.8 Å². The summed E-state index contributed by atoms with van der Waals surface area (Å²) in [7, 11) is 0. The van der Waals surface area contributed by atoms with Crippen LogP contribution in [0.4, 0.5) is 5.69 Å². The number of rotatable bonds is 5. The first kappa shape index (κ1) is 15.8. The van der Waals surface area contributed by atoms with Gasteiger partial charge in [0.1, 0.15) is 5.75 Å². The third-order valence-corrected chi connectivity index (χ3v) is 3.78. The van der Waals surface area contributed by atoms with E-state index < -0.39 is 0 Å². The lowest BCUT2D eigenvalue weighted by Gasteiger charge is -2.09. The van der Waals surface area contributed by atoms with Crippen LogP contribution in [0, 0.1) is 5.92 Å². The third kappa shape index (κ3) is 4.68. The summed E-state index contributed by atoms with van der Waals surface area (Å²) in [4.78, 5) is 16.0. The number of nitrogens with one attached hydrogen (secondary N) is 1. The van der Waals surface area contributed by atoms with Crippen LogP contribution >= 0.6 is 11.6 Å². The van der Waals surface area contributed by atoms with Crippen molar-refractivity contribution in [2.45, 2.75) is 12.8 Å². The fraction of sp³-hybridized carbons (Fsp3) is 0.294. The van der Waals surface area contributed by atoms with Crippen molar-refractivity contribution in [3.63, 3.8) is 0 Å². The third-order valence-electron chi connectivity index (χ3n) is 3.56. The van der Waals surface area contributed by atoms with Crippen molar-refractivity contribution >= 4 is 23.2 Å². The topological polar surface area (TPSA) is 60.5 Å². The molecule has 1 aromatic heterocycles. The molecular weight excluding hydrogens is 316 g/mol. The lowest BCUT2D eigenvalue weighted by atomic mass is 10.0. The second-order valence-electron chi connectivity index (χ2n) is 5.42. The highest BCUT2D eigenvalue weighted by atomic mass is 35.5. The van der Waals surface area contributed by atoms with Crippen molar-refractivity contribution < 1.29 is 14.3 Å². The van der Waals surface area contributed by atoms with Gasteiger partial charge in [0.25, 0.3) is 0 Å². The molecule has 2 heterocycles. The zero-order chi connectivity index (χ0) is 16.1. The average Bonchev–Trinajstić information content (AvgIpc) is 3.04. The molecule has 1 aliphatic heterocycles. The molecule has 0 spiro atoms. The number of amides is 1. The zero-order valence-electron chi connectivity index (χ0n) is 12.5. The Bertz CT molecular complexity index is 653. The number of anilines is 1. The molecule has 23 heavy (non-hydrogen) atoms. The van der Waals surface area contributed by atoms with E-state index in [1.807, 2.05) is 0 Å². The lowest BCUT2D eigenvalue weighted by molar-refractivity contribution is -0.117. The number of carbonyl (C=O) groups excluding carboxylic acids is 1. The molecule has 1 unspecified atom stereocenters. The normalized spacial score (nSPS) is 17.0. The highest BCUT2D eigenvalue weighted by Crippen LogP contribution is 2.23. The van der Waals surface area contributed by atoms with E-state index in [0.29, 0.717) is 35.6 Å². The molecule has 1 atom stereocenters. The Morgan fingerprint density at radius 3 is 2.78 bits per heavy atom. The van der Waals surface area contributed by atoms with Gasteiger partial charge >= 0.3 is 0 Å². The molecule has 0 radical (unpaired) electrons. The van der Waals surface area contributed by atoms with Crippen LogP contribution in [0.3, 0.4) is 0 Å². The van der Waals surface area contributed by atoms with E-state index in [-0.39, 0.29) is 5.91 Å². The first-order chi connectivity index (χ1) is 11.2. The van der Waals surface area contributed by atoms with Gasteiger partial charge in [-0.05, 0) is 42.7 Å². The number of carbonyl (C=O) groups is 1. The number of hydrogen-bond acceptors (Lipinski definition) is 4. The Morgan fingerprint density at radius 2 is 2.13 bits per heavy atom. The fourth-order valence-electron chi connectivity index (χ4n) is 2.37. The molecule has 1 N–H and O–H groups in total. The monoisotopic (exact) mass is 332 g/mol. The van der Waals surface area contributed by atoms with Gasteiger partial charge in [-0.3, -0.25) is 4.79 Å². The maximum atomic E-state index is 12.0. The van der Waals surface area contributed by atoms with Gasteiger partial charge in [0.2, 0.25) is 11.8 Å². The van der Waals surface area contributed by atoms with E-state index in [1.165, 1.54) is 6.20 Å². The van der Waals surface area contributed by atoms with Crippen LogP contribution in [-0.4, -0.2) is 24.1 Å². The van der Waals surface area contributed by atoms with Crippen LogP contribution in [0.2, 0.25) is 5.02 Å². The predicted octanol–water partition coefficient (Wildman–Crippen LogP) is 3.89. The fourth-order valence-corrected chi connectivity index (χ4v) is 2.48. The summed E-state index contributed by atoms with van der Waals surface area (Å²) in [6.07, 6.45) is 2.97. The molecule has 6 heteroatoms. The van der Waals surface area contributed by atoms with Crippen molar-refractivity contribution in [1.82, 2.24) is 4.98 Å². The minimum absolute atomic E-state index is 0.00790. The molecular formula is C17H17ClN2O3. The lowest BCUT2D eigenvalue weighted by Crippen LogP contribution is -2.16. The first-order valence-corrected chi connectivity index (χ1v) is 7.84. The van der Waals surface area contributed by atoms with E-state index in [2.05, 4.69) is 10.3 Å². The van der Waals surface area contributed by atoms with Crippen LogP contribution < -0.4 is 10.1 Å². The SMILES string of the molecule is O=C(CC1CCOC1)Nc1ccc(Oc2ccc(Cl)cn2)cc1. The zero-order valence-corrected chi connectivity index (χ0v) is 13.3. The maximum absolute atomic E-state index is 12.0. The molecule has 1 fully saturated rings. The largest absolute Gasteiger partial charge is 0.439 e. The Labute approximate surface area is 139 Å². The van der Waals surface area contributed by atoms with Crippen molar-refractivity contribution in [2.75, 3.05) is 18.5 Å². The van der Waals surface area contributed by atoms with Crippen LogP contribution in [0.15, 0.2) is 42.6 Å². The van der Waals surface area contributed by atoms with Crippen LogP contribution in [0.1, 0.15) is 12.8 Å². The van der Waals surface area contributed by atoms with E-state index in [1.54, 1.807) is 36.4 Å². The van der Waals surface area contributed by atoms with Gasteiger partial charge in [0, 0.05) is 37.6 Å². The first-order valence-electron chi connectivity index (χ1n) is 7.46. The molecule has 120 valence electrons. The molecule has 1 amide bonds. The van der Waals surface area contributed by atoms with Gasteiger partial charge in [0.05, 0.1) is 5.02 Å². The quantitative estimate of drug-likeness (QED) is 0.902. The number of pyridine rings is 1. The standard InChI is InChI=1S/C17H17ClN2O3/c18-13-1-6-17(19-10-13)23-15-4-2-14(3-5-15)20-16(21)9-12-7-8-22-11-12/h1-6,10,12H,7-9,11H2,(H,20,21). The summed E-state index contributed by atoms with van der Waals surface area (Å²) in [6, 6.07) is 10.6. The Hall–Kier alpha value is -2.11. The van der Waals surface area contributed by atoms with Gasteiger partial charge in [-0.25, -0.2) is 4.98 Å². The molecule has 0 bridgehead atoms. The number of benzene rings is 1. The molecule has 0 saturated carbocycles. The average molecular weight is 333 g/mol. The molecule has 1 aromatic carbocycles. The van der Waals surface area contributed by atoms with Crippen molar-refractivity contribution in [3.8, 4) is 11.6 Å². The summed E-state index contributed by atoms with van der Waals surface area (Å²) in [6.45, 7) is 1.43. The van der Waals surface area contributed by atoms with Gasteiger partial charge in [-0.15, -0.1) is 0 Å². The number of nitrogens with zero attached hydrogens (tertiary/aromatic N) is 1. The van der Waals surface area contributed by atoms with E-state index in [0.717, 1.165) is 18.7 Å². The van der Waals surface area contributed by atoms with Crippen LogP contribution in [0.5, 0.6) is 11.6 Å². The summed E-state index contributed by atoms with van der Waals surface area (Å²) in [5, 5.41) is 3.44. The van der Waals surface area contributed by atoms with Gasteiger partial charge in [-0.2, -0.15) is 0 Å². The predicted molar refractivity (Wildman–Crippen MR) is 87.9 cm³/mol. The Morgan fingerprint density at radius 1 is 1.30 bits per heavy atom. The summed E-state index contributed by atoms with van der Waals surface area (Å²) >= 11 is 5.78. The molecule has 1 aliphatic rings. The van der Waals surface area contributed by atoms with Gasteiger partial charge in [-0.1, -0.05) is 11.6 Å². The van der Waals surface area contributed by atoms with E-state index in [4.69, 9.17) is 21.1 Å². The number of aromatic nitrogens is 1. The Kier molecular flexibility index (Phi) is 5.10. The molecule has 0 aliphatic carbocycles. The smallest absolute Gasteiger partial charge is 0.224 e.